The van der Waals surface area contributed by atoms with Crippen LogP contribution in [-0.2, 0) is 11.1 Å². The fourth-order valence-electron chi connectivity index (χ4n) is 4.68. The maximum atomic E-state index is 13.6. The first kappa shape index (κ1) is 27.1. The van der Waals surface area contributed by atoms with Crippen LogP contribution < -0.4 is 20.5 Å². The van der Waals surface area contributed by atoms with Crippen LogP contribution in [0.4, 0.5) is 10.1 Å². The van der Waals surface area contributed by atoms with Crippen LogP contribution in [0.1, 0.15) is 61.1 Å². The summed E-state index contributed by atoms with van der Waals surface area (Å²) < 4.78 is 25.1. The zero-order chi connectivity index (χ0) is 27.8. The second-order valence-corrected chi connectivity index (χ2v) is 10.8. The van der Waals surface area contributed by atoms with Crippen molar-refractivity contribution < 1.29 is 28.9 Å². The zero-order valence-corrected chi connectivity index (χ0v) is 22.2. The van der Waals surface area contributed by atoms with E-state index in [0.717, 1.165) is 24.1 Å². The van der Waals surface area contributed by atoms with E-state index in [4.69, 9.17) is 25.3 Å². The van der Waals surface area contributed by atoms with Crippen molar-refractivity contribution in [2.45, 2.75) is 56.8 Å². The second kappa shape index (κ2) is 10.6. The SMILES string of the molecule is C[C@@]1(N)CNc2c1cc([C@](C)(O)CCC(=O)c1ccc(OCCO)c(OC3CC3)c1)nc2-c1ccc(F)cc1. The number of ketones is 1. The fraction of sp³-hybridized carbons (Fsp3) is 0.400. The number of benzene rings is 2. The number of anilines is 1. The summed E-state index contributed by atoms with van der Waals surface area (Å²) in [5.41, 5.74) is 8.09. The van der Waals surface area contributed by atoms with E-state index in [-0.39, 0.29) is 43.8 Å². The Kier molecular flexibility index (Phi) is 7.33. The van der Waals surface area contributed by atoms with Gasteiger partial charge in [0, 0.05) is 29.7 Å². The number of nitrogens with two attached hydrogens (primary N) is 1. The van der Waals surface area contributed by atoms with Gasteiger partial charge in [0.25, 0.3) is 0 Å². The molecule has 0 spiro atoms. The summed E-state index contributed by atoms with van der Waals surface area (Å²) in [5, 5.41) is 23.9. The molecule has 1 fully saturated rings. The lowest BCUT2D eigenvalue weighted by Crippen LogP contribution is -2.35. The number of hydrogen-bond donors (Lipinski definition) is 4. The maximum absolute atomic E-state index is 13.6. The topological polar surface area (TPSA) is 127 Å². The van der Waals surface area contributed by atoms with Crippen LogP contribution in [0.25, 0.3) is 11.3 Å². The minimum atomic E-state index is -1.43. The predicted molar refractivity (Wildman–Crippen MR) is 145 cm³/mol. The minimum Gasteiger partial charge on any atom is -0.487 e. The van der Waals surface area contributed by atoms with Gasteiger partial charge in [-0.25, -0.2) is 9.37 Å². The normalized spacial score (nSPS) is 19.6. The Bertz CT molecular complexity index is 1370. The lowest BCUT2D eigenvalue weighted by Gasteiger charge is -2.26. The Balaban J connectivity index is 1.39. The van der Waals surface area contributed by atoms with Crippen molar-refractivity contribution in [3.05, 3.63) is 71.2 Å². The zero-order valence-electron chi connectivity index (χ0n) is 22.2. The number of Topliss-reactive ketones (excluding diaryl/α,β-unsaturated/α-hetero) is 1. The van der Waals surface area contributed by atoms with Crippen molar-refractivity contribution >= 4 is 11.5 Å². The summed E-state index contributed by atoms with van der Waals surface area (Å²) in [7, 11) is 0. The Hall–Kier alpha value is -3.53. The van der Waals surface area contributed by atoms with E-state index in [0.29, 0.717) is 40.6 Å². The van der Waals surface area contributed by atoms with E-state index in [1.807, 2.05) is 6.92 Å². The molecule has 9 heteroatoms. The second-order valence-electron chi connectivity index (χ2n) is 10.8. The van der Waals surface area contributed by atoms with Crippen LogP contribution in [0.5, 0.6) is 11.5 Å². The smallest absolute Gasteiger partial charge is 0.163 e. The van der Waals surface area contributed by atoms with E-state index in [1.165, 1.54) is 12.1 Å². The Labute approximate surface area is 227 Å². The first-order valence-electron chi connectivity index (χ1n) is 13.2. The third-order valence-corrected chi connectivity index (χ3v) is 7.21. The summed E-state index contributed by atoms with van der Waals surface area (Å²) in [5.74, 6) is 0.443. The fourth-order valence-corrected chi connectivity index (χ4v) is 4.68. The number of aliphatic hydroxyl groups is 2. The summed E-state index contributed by atoms with van der Waals surface area (Å²) in [6, 6.07) is 12.8. The summed E-state index contributed by atoms with van der Waals surface area (Å²) >= 11 is 0. The monoisotopic (exact) mass is 535 g/mol. The highest BCUT2D eigenvalue weighted by Crippen LogP contribution is 2.42. The van der Waals surface area contributed by atoms with Crippen molar-refractivity contribution in [3.63, 3.8) is 0 Å². The Morgan fingerprint density at radius 3 is 2.64 bits per heavy atom. The van der Waals surface area contributed by atoms with Crippen LogP contribution >= 0.6 is 0 Å². The largest absolute Gasteiger partial charge is 0.487 e. The molecule has 0 saturated heterocycles. The third kappa shape index (κ3) is 5.90. The first-order chi connectivity index (χ1) is 18.6. The summed E-state index contributed by atoms with van der Waals surface area (Å²) in [6.45, 7) is 4.02. The van der Waals surface area contributed by atoms with E-state index < -0.39 is 11.1 Å². The molecule has 2 atom stereocenters. The Morgan fingerprint density at radius 1 is 1.21 bits per heavy atom. The number of nitrogens with one attached hydrogen (secondary N) is 1. The van der Waals surface area contributed by atoms with Gasteiger partial charge in [0.15, 0.2) is 17.3 Å². The molecule has 5 N–H and O–H groups in total. The number of nitrogens with zero attached hydrogens (tertiary/aromatic N) is 1. The van der Waals surface area contributed by atoms with Gasteiger partial charge in [0.1, 0.15) is 18.0 Å². The lowest BCUT2D eigenvalue weighted by atomic mass is 9.88. The number of pyridine rings is 1. The van der Waals surface area contributed by atoms with Crippen molar-refractivity contribution in [2.24, 2.45) is 5.73 Å². The van der Waals surface area contributed by atoms with Crippen molar-refractivity contribution in [3.8, 4) is 22.8 Å². The highest BCUT2D eigenvalue weighted by molar-refractivity contribution is 5.96. The lowest BCUT2D eigenvalue weighted by molar-refractivity contribution is 0.0397. The van der Waals surface area contributed by atoms with Gasteiger partial charge in [-0.1, -0.05) is 0 Å². The van der Waals surface area contributed by atoms with Crippen molar-refractivity contribution in [1.29, 1.82) is 0 Å². The highest BCUT2D eigenvalue weighted by atomic mass is 19.1. The Morgan fingerprint density at radius 2 is 1.95 bits per heavy atom. The quantitative estimate of drug-likeness (QED) is 0.268. The van der Waals surface area contributed by atoms with Crippen LogP contribution in [0.3, 0.4) is 0 Å². The number of fused-ring (bicyclic) bond motifs is 1. The molecule has 8 nitrogen and oxygen atoms in total. The van der Waals surface area contributed by atoms with Crippen LogP contribution in [0.2, 0.25) is 0 Å². The minimum absolute atomic E-state index is 0.0650. The molecule has 3 aromatic rings. The maximum Gasteiger partial charge on any atom is 0.163 e. The van der Waals surface area contributed by atoms with Gasteiger partial charge in [0.05, 0.1) is 35.3 Å². The van der Waals surface area contributed by atoms with Crippen LogP contribution in [0.15, 0.2) is 48.5 Å². The van der Waals surface area contributed by atoms with E-state index in [9.17, 15) is 14.3 Å². The van der Waals surface area contributed by atoms with E-state index >= 15 is 0 Å². The molecule has 1 saturated carbocycles. The molecule has 1 aliphatic heterocycles. The molecule has 2 aromatic carbocycles. The molecule has 2 aliphatic rings. The molecule has 1 aliphatic carbocycles. The molecule has 0 bridgehead atoms. The number of aliphatic hydroxyl groups excluding tert-OH is 1. The first-order valence-corrected chi connectivity index (χ1v) is 13.2. The average Bonchev–Trinajstić information content (AvgIpc) is 3.68. The summed E-state index contributed by atoms with van der Waals surface area (Å²) in [4.78, 5) is 17.9. The highest BCUT2D eigenvalue weighted by Gasteiger charge is 2.36. The van der Waals surface area contributed by atoms with Crippen molar-refractivity contribution in [2.75, 3.05) is 25.1 Å². The molecule has 0 unspecified atom stereocenters. The number of rotatable bonds is 11. The predicted octanol–water partition coefficient (Wildman–Crippen LogP) is 4.27. The van der Waals surface area contributed by atoms with Crippen molar-refractivity contribution in [1.82, 2.24) is 4.98 Å². The van der Waals surface area contributed by atoms with E-state index in [2.05, 4.69) is 5.32 Å². The number of hydrogen-bond acceptors (Lipinski definition) is 8. The van der Waals surface area contributed by atoms with Gasteiger partial charge in [-0.05, 0) is 81.6 Å². The van der Waals surface area contributed by atoms with Gasteiger partial charge < -0.3 is 30.7 Å². The van der Waals surface area contributed by atoms with Crippen LogP contribution in [0, 0.1) is 5.82 Å². The van der Waals surface area contributed by atoms with Crippen LogP contribution in [-0.4, -0.2) is 46.8 Å². The standard InChI is InChI=1S/C30H34FN3O5/c1-29(32)17-33-28-22(29)16-26(34-27(28)18-3-6-20(31)7-4-18)30(2,37)12-11-23(36)19-5-10-24(38-14-13-35)25(15-19)39-21-8-9-21/h3-7,10,15-16,21,33,35,37H,8-9,11-14,17,32H2,1-2H3/t29-,30-/m1/s1. The van der Waals surface area contributed by atoms with Gasteiger partial charge in [0.2, 0.25) is 0 Å². The molecule has 2 heterocycles. The molecule has 39 heavy (non-hydrogen) atoms. The molecule has 206 valence electrons. The molecule has 1 aromatic heterocycles. The molecule has 0 radical (unpaired) electrons. The van der Waals surface area contributed by atoms with Gasteiger partial charge in [-0.2, -0.15) is 0 Å². The van der Waals surface area contributed by atoms with Gasteiger partial charge >= 0.3 is 0 Å². The number of ether oxygens (including phenoxy) is 2. The molecular formula is C30H34FN3O5. The molecule has 5 rings (SSSR count). The molecule has 0 amide bonds. The number of aromatic nitrogens is 1. The number of halogens is 1. The van der Waals surface area contributed by atoms with E-state index in [1.54, 1.807) is 43.3 Å². The third-order valence-electron chi connectivity index (χ3n) is 7.21. The van der Waals surface area contributed by atoms with Gasteiger partial charge in [-0.3, -0.25) is 4.79 Å². The molecular weight excluding hydrogens is 501 g/mol. The number of carbonyl (C=O) groups excluding carboxylic acids is 1. The van der Waals surface area contributed by atoms with Gasteiger partial charge in [-0.15, -0.1) is 0 Å². The summed E-state index contributed by atoms with van der Waals surface area (Å²) in [6.07, 6.45) is 2.19. The average molecular weight is 536 g/mol. The number of carbonyl (C=O) groups is 1.